The molecule has 1 fully saturated rings. The smallest absolute Gasteiger partial charge is 0.331 e. The Morgan fingerprint density at radius 3 is 2.40 bits per heavy atom. The van der Waals surface area contributed by atoms with Crippen molar-refractivity contribution in [3.05, 3.63) is 11.6 Å². The molecule has 0 aromatic heterocycles. The summed E-state index contributed by atoms with van der Waals surface area (Å²) in [5.41, 5.74) is 0.140. The van der Waals surface area contributed by atoms with E-state index in [4.69, 9.17) is 5.11 Å². The van der Waals surface area contributed by atoms with Gasteiger partial charge in [-0.3, -0.25) is 14.5 Å². The lowest BCUT2D eigenvalue weighted by atomic mass is 10.1. The topological polar surface area (TPSA) is 74.7 Å². The highest BCUT2D eigenvalue weighted by Crippen LogP contribution is 2.12. The van der Waals surface area contributed by atoms with E-state index in [1.165, 1.54) is 13.0 Å². The number of rotatable bonds is 3. The molecule has 1 saturated heterocycles. The number of amides is 2. The van der Waals surface area contributed by atoms with E-state index in [9.17, 15) is 14.4 Å². The van der Waals surface area contributed by atoms with E-state index in [1.807, 2.05) is 0 Å². The largest absolute Gasteiger partial charge is 0.478 e. The van der Waals surface area contributed by atoms with Crippen LogP contribution in [0.2, 0.25) is 0 Å². The molecule has 5 nitrogen and oxygen atoms in total. The molecular weight excluding hydrogens is 198 g/mol. The number of carboxylic acids is 1. The van der Waals surface area contributed by atoms with Crippen LogP contribution in [0.5, 0.6) is 0 Å². The first-order valence-corrected chi connectivity index (χ1v) is 4.75. The van der Waals surface area contributed by atoms with E-state index in [2.05, 4.69) is 0 Å². The van der Waals surface area contributed by atoms with Crippen molar-refractivity contribution in [3.8, 4) is 0 Å². The molecule has 1 heterocycles. The second kappa shape index (κ2) is 4.72. The Morgan fingerprint density at radius 1 is 1.40 bits per heavy atom. The SMILES string of the molecule is C/C(=C\CN1C(=O)CCCC1=O)C(=O)O. The molecule has 82 valence electrons. The minimum absolute atomic E-state index is 0.0653. The summed E-state index contributed by atoms with van der Waals surface area (Å²) >= 11 is 0. The predicted octanol–water partition coefficient (Wildman–Crippen LogP) is 0.556. The number of carboxylic acid groups (broad SMARTS) is 1. The fourth-order valence-corrected chi connectivity index (χ4v) is 1.32. The summed E-state index contributed by atoms with van der Waals surface area (Å²) in [6, 6.07) is 0. The zero-order valence-electron chi connectivity index (χ0n) is 8.52. The molecule has 0 aliphatic carbocycles. The minimum Gasteiger partial charge on any atom is -0.478 e. The molecule has 15 heavy (non-hydrogen) atoms. The van der Waals surface area contributed by atoms with Crippen molar-refractivity contribution in [2.24, 2.45) is 0 Å². The molecule has 1 N–H and O–H groups in total. The molecule has 0 spiro atoms. The van der Waals surface area contributed by atoms with E-state index in [0.717, 1.165) is 4.90 Å². The van der Waals surface area contributed by atoms with E-state index < -0.39 is 5.97 Å². The quantitative estimate of drug-likeness (QED) is 0.546. The first-order valence-electron chi connectivity index (χ1n) is 4.75. The standard InChI is InChI=1S/C10H13NO4/c1-7(10(14)15)5-6-11-8(12)3-2-4-9(11)13/h5H,2-4,6H2,1H3,(H,14,15)/b7-5+. The van der Waals surface area contributed by atoms with Gasteiger partial charge in [-0.1, -0.05) is 6.08 Å². The number of carbonyl (C=O) groups excluding carboxylic acids is 2. The average Bonchev–Trinajstić information content (AvgIpc) is 2.16. The number of likely N-dealkylation sites (tertiary alicyclic amines) is 1. The van der Waals surface area contributed by atoms with Crippen molar-refractivity contribution < 1.29 is 19.5 Å². The molecule has 1 aliphatic heterocycles. The Bertz CT molecular complexity index is 316. The molecular formula is C10H13NO4. The summed E-state index contributed by atoms with van der Waals surface area (Å²) in [4.78, 5) is 34.2. The lowest BCUT2D eigenvalue weighted by Gasteiger charge is -2.23. The highest BCUT2D eigenvalue weighted by molar-refractivity contribution is 5.97. The highest BCUT2D eigenvalue weighted by Gasteiger charge is 2.24. The number of aliphatic carboxylic acids is 1. The van der Waals surface area contributed by atoms with Gasteiger partial charge in [0.15, 0.2) is 0 Å². The van der Waals surface area contributed by atoms with E-state index >= 15 is 0 Å². The van der Waals surface area contributed by atoms with Gasteiger partial charge >= 0.3 is 5.97 Å². The van der Waals surface area contributed by atoms with Crippen LogP contribution in [0.1, 0.15) is 26.2 Å². The van der Waals surface area contributed by atoms with Crippen LogP contribution in [0, 0.1) is 0 Å². The van der Waals surface area contributed by atoms with Gasteiger partial charge in [0, 0.05) is 25.0 Å². The fourth-order valence-electron chi connectivity index (χ4n) is 1.32. The number of hydrogen-bond donors (Lipinski definition) is 1. The number of nitrogens with zero attached hydrogens (tertiary/aromatic N) is 1. The third-order valence-corrected chi connectivity index (χ3v) is 2.30. The number of hydrogen-bond acceptors (Lipinski definition) is 3. The molecule has 1 aliphatic rings. The average molecular weight is 211 g/mol. The van der Waals surface area contributed by atoms with Gasteiger partial charge in [-0.2, -0.15) is 0 Å². The molecule has 0 unspecified atom stereocenters. The van der Waals surface area contributed by atoms with Crippen LogP contribution < -0.4 is 0 Å². The predicted molar refractivity (Wildman–Crippen MR) is 52.0 cm³/mol. The van der Waals surface area contributed by atoms with Gasteiger partial charge in [0.25, 0.3) is 0 Å². The number of piperidine rings is 1. The van der Waals surface area contributed by atoms with Crippen molar-refractivity contribution in [1.29, 1.82) is 0 Å². The molecule has 0 bridgehead atoms. The molecule has 2 amide bonds. The third-order valence-electron chi connectivity index (χ3n) is 2.30. The molecule has 0 radical (unpaired) electrons. The van der Waals surface area contributed by atoms with Gasteiger partial charge in [0.1, 0.15) is 0 Å². The van der Waals surface area contributed by atoms with Crippen LogP contribution in [-0.2, 0) is 14.4 Å². The Morgan fingerprint density at radius 2 is 1.93 bits per heavy atom. The maximum atomic E-state index is 11.3. The number of imide groups is 1. The monoisotopic (exact) mass is 211 g/mol. The van der Waals surface area contributed by atoms with Crippen LogP contribution >= 0.6 is 0 Å². The van der Waals surface area contributed by atoms with E-state index in [0.29, 0.717) is 19.3 Å². The fraction of sp³-hybridized carbons (Fsp3) is 0.500. The summed E-state index contributed by atoms with van der Waals surface area (Å²) in [5.74, 6) is -1.48. The summed E-state index contributed by atoms with van der Waals surface area (Å²) < 4.78 is 0. The van der Waals surface area contributed by atoms with Crippen molar-refractivity contribution in [3.63, 3.8) is 0 Å². The molecule has 0 aromatic rings. The first-order chi connectivity index (χ1) is 7.02. The highest BCUT2D eigenvalue weighted by atomic mass is 16.4. The molecule has 5 heteroatoms. The lowest BCUT2D eigenvalue weighted by Crippen LogP contribution is -2.40. The first kappa shape index (κ1) is 11.4. The molecule has 1 rings (SSSR count). The molecule has 0 saturated carbocycles. The van der Waals surface area contributed by atoms with Gasteiger partial charge in [-0.25, -0.2) is 4.79 Å². The Kier molecular flexibility index (Phi) is 3.60. The maximum Gasteiger partial charge on any atom is 0.331 e. The van der Waals surface area contributed by atoms with Crippen LogP contribution in [-0.4, -0.2) is 34.3 Å². The summed E-state index contributed by atoms with van der Waals surface area (Å²) in [7, 11) is 0. The minimum atomic E-state index is -1.04. The second-order valence-electron chi connectivity index (χ2n) is 3.44. The van der Waals surface area contributed by atoms with Crippen molar-refractivity contribution in [1.82, 2.24) is 4.90 Å². The normalized spacial score (nSPS) is 18.2. The van der Waals surface area contributed by atoms with Crippen LogP contribution in [0.15, 0.2) is 11.6 Å². The zero-order chi connectivity index (χ0) is 11.4. The van der Waals surface area contributed by atoms with Crippen LogP contribution in [0.4, 0.5) is 0 Å². The molecule has 0 atom stereocenters. The third kappa shape index (κ3) is 2.90. The zero-order valence-corrected chi connectivity index (χ0v) is 8.52. The van der Waals surface area contributed by atoms with Crippen LogP contribution in [0.25, 0.3) is 0 Å². The maximum absolute atomic E-state index is 11.3. The summed E-state index contributed by atoms with van der Waals surface area (Å²) in [6.07, 6.45) is 2.71. The summed E-state index contributed by atoms with van der Waals surface area (Å²) in [5, 5.41) is 8.59. The van der Waals surface area contributed by atoms with Gasteiger partial charge in [-0.15, -0.1) is 0 Å². The van der Waals surface area contributed by atoms with E-state index in [-0.39, 0.29) is 23.9 Å². The lowest BCUT2D eigenvalue weighted by molar-refractivity contribution is -0.147. The van der Waals surface area contributed by atoms with Crippen LogP contribution in [0.3, 0.4) is 0 Å². The van der Waals surface area contributed by atoms with Crippen molar-refractivity contribution in [2.45, 2.75) is 26.2 Å². The Balaban J connectivity index is 2.64. The number of carbonyl (C=O) groups is 3. The van der Waals surface area contributed by atoms with Gasteiger partial charge in [0.2, 0.25) is 11.8 Å². The Labute approximate surface area is 87.4 Å². The van der Waals surface area contributed by atoms with E-state index in [1.54, 1.807) is 0 Å². The Hall–Kier alpha value is -1.65. The molecule has 0 aromatic carbocycles. The second-order valence-corrected chi connectivity index (χ2v) is 3.44. The van der Waals surface area contributed by atoms with Gasteiger partial charge < -0.3 is 5.11 Å². The summed E-state index contributed by atoms with van der Waals surface area (Å²) in [6.45, 7) is 1.50. The van der Waals surface area contributed by atoms with Crippen molar-refractivity contribution in [2.75, 3.05) is 6.54 Å². The van der Waals surface area contributed by atoms with Crippen molar-refractivity contribution >= 4 is 17.8 Å². The van der Waals surface area contributed by atoms with Gasteiger partial charge in [0.05, 0.1) is 0 Å². The van der Waals surface area contributed by atoms with Gasteiger partial charge in [-0.05, 0) is 13.3 Å².